The van der Waals surface area contributed by atoms with Gasteiger partial charge < -0.3 is 19.7 Å². The fourth-order valence-electron chi connectivity index (χ4n) is 4.13. The molecule has 3 aromatic carbocycles. The quantitative estimate of drug-likeness (QED) is 0.320. The third kappa shape index (κ3) is 7.92. The predicted molar refractivity (Wildman–Crippen MR) is 160 cm³/mol. The van der Waals surface area contributed by atoms with Gasteiger partial charge in [0.05, 0.1) is 29.8 Å². The number of ether oxygens (including phenoxy) is 2. The zero-order valence-electron chi connectivity index (χ0n) is 24.0. The molecule has 41 heavy (non-hydrogen) atoms. The van der Waals surface area contributed by atoms with Crippen LogP contribution in [0.5, 0.6) is 11.5 Å². The second-order valence-corrected chi connectivity index (χ2v) is 12.1. The van der Waals surface area contributed by atoms with Crippen LogP contribution in [-0.4, -0.2) is 58.0 Å². The van der Waals surface area contributed by atoms with Crippen molar-refractivity contribution in [3.63, 3.8) is 0 Å². The Kier molecular flexibility index (Phi) is 10.6. The molecular formula is C30H36ClN3O6S. The van der Waals surface area contributed by atoms with Gasteiger partial charge in [0.15, 0.2) is 0 Å². The summed E-state index contributed by atoms with van der Waals surface area (Å²) < 4.78 is 39.4. The first-order valence-electron chi connectivity index (χ1n) is 13.0. The maximum Gasteiger partial charge on any atom is 0.264 e. The van der Waals surface area contributed by atoms with Crippen molar-refractivity contribution >= 4 is 39.1 Å². The van der Waals surface area contributed by atoms with Gasteiger partial charge in [-0.2, -0.15) is 0 Å². The smallest absolute Gasteiger partial charge is 0.264 e. The molecular weight excluding hydrogens is 566 g/mol. The summed E-state index contributed by atoms with van der Waals surface area (Å²) in [6, 6.07) is 16.9. The van der Waals surface area contributed by atoms with Gasteiger partial charge in [-0.3, -0.25) is 13.9 Å². The molecule has 0 aliphatic rings. The number of rotatable bonds is 12. The summed E-state index contributed by atoms with van der Waals surface area (Å²) in [4.78, 5) is 28.4. The highest BCUT2D eigenvalue weighted by atomic mass is 35.5. The number of anilines is 1. The molecule has 9 nitrogen and oxygen atoms in total. The first-order valence-corrected chi connectivity index (χ1v) is 14.8. The molecule has 0 bridgehead atoms. The second kappa shape index (κ2) is 13.7. The van der Waals surface area contributed by atoms with Crippen LogP contribution < -0.4 is 19.1 Å². The van der Waals surface area contributed by atoms with E-state index in [9.17, 15) is 18.0 Å². The van der Waals surface area contributed by atoms with Crippen LogP contribution in [0.2, 0.25) is 5.02 Å². The standard InChI is InChI=1S/C30H36ClN3O6S/c1-20(2)32-30(36)22(4)33(18-23-8-7-9-25(16-23)39-5)29(35)19-34(24-12-15-28(40-6)27(31)17-24)41(37,38)26-13-10-21(3)11-14-26/h7-17,20,22H,18-19H2,1-6H3,(H,32,36)/t22-/m1/s1. The molecule has 220 valence electrons. The van der Waals surface area contributed by atoms with Crippen molar-refractivity contribution in [3.05, 3.63) is 82.9 Å². The lowest BCUT2D eigenvalue weighted by Gasteiger charge is -2.32. The number of carbonyl (C=O) groups is 2. The van der Waals surface area contributed by atoms with E-state index in [1.807, 2.05) is 20.8 Å². The summed E-state index contributed by atoms with van der Waals surface area (Å²) in [5, 5.41) is 3.01. The van der Waals surface area contributed by atoms with Crippen molar-refractivity contribution in [1.29, 1.82) is 0 Å². The molecule has 0 aliphatic heterocycles. The van der Waals surface area contributed by atoms with Crippen LogP contribution in [0.3, 0.4) is 0 Å². The number of nitrogens with zero attached hydrogens (tertiary/aromatic N) is 2. The highest BCUT2D eigenvalue weighted by Crippen LogP contribution is 2.32. The highest BCUT2D eigenvalue weighted by molar-refractivity contribution is 7.92. The second-order valence-electron chi connectivity index (χ2n) is 9.86. The zero-order valence-corrected chi connectivity index (χ0v) is 25.6. The van der Waals surface area contributed by atoms with Crippen molar-refractivity contribution in [3.8, 4) is 11.5 Å². The summed E-state index contributed by atoms with van der Waals surface area (Å²) >= 11 is 6.36. The number of benzene rings is 3. The monoisotopic (exact) mass is 601 g/mol. The van der Waals surface area contributed by atoms with Crippen LogP contribution in [0.25, 0.3) is 0 Å². The van der Waals surface area contributed by atoms with E-state index in [-0.39, 0.29) is 34.1 Å². The summed E-state index contributed by atoms with van der Waals surface area (Å²) in [6.07, 6.45) is 0. The Morgan fingerprint density at radius 1 is 0.951 bits per heavy atom. The van der Waals surface area contributed by atoms with Gasteiger partial charge in [0.1, 0.15) is 24.1 Å². The van der Waals surface area contributed by atoms with Gasteiger partial charge in [0, 0.05) is 12.6 Å². The number of sulfonamides is 1. The van der Waals surface area contributed by atoms with Gasteiger partial charge >= 0.3 is 0 Å². The number of carbonyl (C=O) groups excluding carboxylic acids is 2. The van der Waals surface area contributed by atoms with Gasteiger partial charge in [-0.1, -0.05) is 41.4 Å². The number of methoxy groups -OCH3 is 2. The lowest BCUT2D eigenvalue weighted by Crippen LogP contribution is -2.52. The summed E-state index contributed by atoms with van der Waals surface area (Å²) in [5.74, 6) is -0.00257. The number of aryl methyl sites for hydroxylation is 1. The summed E-state index contributed by atoms with van der Waals surface area (Å²) in [5.41, 5.74) is 1.76. The molecule has 11 heteroatoms. The molecule has 1 N–H and O–H groups in total. The van der Waals surface area contributed by atoms with E-state index in [1.165, 1.54) is 49.5 Å². The van der Waals surface area contributed by atoms with Crippen LogP contribution in [0.1, 0.15) is 31.9 Å². The van der Waals surface area contributed by atoms with Crippen molar-refractivity contribution in [2.75, 3.05) is 25.1 Å². The molecule has 0 saturated carbocycles. The average molecular weight is 602 g/mol. The van der Waals surface area contributed by atoms with Crippen LogP contribution in [0, 0.1) is 6.92 Å². The SMILES string of the molecule is COc1cccc(CN(C(=O)CN(c2ccc(OC)c(Cl)c2)S(=O)(=O)c2ccc(C)cc2)[C@H](C)C(=O)NC(C)C)c1. The lowest BCUT2D eigenvalue weighted by atomic mass is 10.1. The molecule has 3 aromatic rings. The zero-order chi connectivity index (χ0) is 30.3. The van der Waals surface area contributed by atoms with Crippen LogP contribution >= 0.6 is 11.6 Å². The Labute approximate surface area is 247 Å². The van der Waals surface area contributed by atoms with E-state index in [0.717, 1.165) is 9.87 Å². The van der Waals surface area contributed by atoms with Gasteiger partial charge in [0.25, 0.3) is 10.0 Å². The third-order valence-electron chi connectivity index (χ3n) is 6.40. The fraction of sp³-hybridized carbons (Fsp3) is 0.333. The van der Waals surface area contributed by atoms with E-state index < -0.39 is 28.5 Å². The first-order chi connectivity index (χ1) is 19.4. The Balaban J connectivity index is 2.07. The largest absolute Gasteiger partial charge is 0.497 e. The Hall–Kier alpha value is -3.76. The third-order valence-corrected chi connectivity index (χ3v) is 8.48. The maximum absolute atomic E-state index is 14.0. The molecule has 0 heterocycles. The highest BCUT2D eigenvalue weighted by Gasteiger charge is 2.33. The van der Waals surface area contributed by atoms with Crippen LogP contribution in [0.15, 0.2) is 71.6 Å². The minimum absolute atomic E-state index is 0.00721. The first kappa shape index (κ1) is 31.8. The molecule has 0 unspecified atom stereocenters. The van der Waals surface area contributed by atoms with E-state index >= 15 is 0 Å². The van der Waals surface area contributed by atoms with E-state index in [4.69, 9.17) is 21.1 Å². The topological polar surface area (TPSA) is 105 Å². The van der Waals surface area contributed by atoms with Crippen molar-refractivity contribution in [2.24, 2.45) is 0 Å². The molecule has 0 aliphatic carbocycles. The maximum atomic E-state index is 14.0. The molecule has 1 atom stereocenters. The van der Waals surface area contributed by atoms with Crippen LogP contribution in [0.4, 0.5) is 5.69 Å². The number of amides is 2. The molecule has 0 fully saturated rings. The summed E-state index contributed by atoms with van der Waals surface area (Å²) in [6.45, 7) is 6.57. The normalized spacial score (nSPS) is 12.0. The Morgan fingerprint density at radius 3 is 2.22 bits per heavy atom. The van der Waals surface area contributed by atoms with Crippen LogP contribution in [-0.2, 0) is 26.2 Å². The molecule has 2 amide bonds. The molecule has 0 aromatic heterocycles. The van der Waals surface area contributed by atoms with Crippen molar-refractivity contribution < 1.29 is 27.5 Å². The van der Waals surface area contributed by atoms with Gasteiger partial charge in [-0.05, 0) is 75.7 Å². The molecule has 3 rings (SSSR count). The Morgan fingerprint density at radius 2 is 1.63 bits per heavy atom. The van der Waals surface area contributed by atoms with E-state index in [1.54, 1.807) is 43.3 Å². The van der Waals surface area contributed by atoms with E-state index in [2.05, 4.69) is 5.32 Å². The van der Waals surface area contributed by atoms with Gasteiger partial charge in [0.2, 0.25) is 11.8 Å². The molecule has 0 saturated heterocycles. The number of nitrogens with one attached hydrogen (secondary N) is 1. The minimum Gasteiger partial charge on any atom is -0.497 e. The predicted octanol–water partition coefficient (Wildman–Crippen LogP) is 4.80. The molecule has 0 spiro atoms. The molecule has 0 radical (unpaired) electrons. The van der Waals surface area contributed by atoms with Gasteiger partial charge in [-0.15, -0.1) is 0 Å². The number of hydrogen-bond acceptors (Lipinski definition) is 6. The summed E-state index contributed by atoms with van der Waals surface area (Å²) in [7, 11) is -1.23. The fourth-order valence-corrected chi connectivity index (χ4v) is 5.79. The Bertz CT molecular complexity index is 1480. The number of hydrogen-bond donors (Lipinski definition) is 1. The number of halogens is 1. The van der Waals surface area contributed by atoms with E-state index in [0.29, 0.717) is 17.1 Å². The average Bonchev–Trinajstić information content (AvgIpc) is 2.94. The van der Waals surface area contributed by atoms with Crippen molar-refractivity contribution in [1.82, 2.24) is 10.2 Å². The minimum atomic E-state index is -4.22. The van der Waals surface area contributed by atoms with Crippen molar-refractivity contribution in [2.45, 2.75) is 51.2 Å². The van der Waals surface area contributed by atoms with Gasteiger partial charge in [-0.25, -0.2) is 8.42 Å². The lowest BCUT2D eigenvalue weighted by molar-refractivity contribution is -0.139.